The van der Waals surface area contributed by atoms with Crippen molar-refractivity contribution in [3.05, 3.63) is 134 Å². The number of ether oxygens (including phenoxy) is 3. The Morgan fingerprint density at radius 3 is 0.861 bits per heavy atom. The Hall–Kier alpha value is -4.45. The fourth-order valence-electron chi connectivity index (χ4n) is 7.56. The molecule has 406 valence electrons. The first kappa shape index (κ1) is 67.5. The fraction of sp³-hybridized carbons (Fsp3) is 0.621. The van der Waals surface area contributed by atoms with Crippen LogP contribution in [0.2, 0.25) is 0 Å². The Bertz CT molecular complexity index is 1560. The van der Waals surface area contributed by atoms with Crippen molar-refractivity contribution < 1.29 is 28.6 Å². The monoisotopic (exact) mass is 995 g/mol. The Kier molecular flexibility index (Phi) is 55.5. The van der Waals surface area contributed by atoms with Gasteiger partial charge in [0, 0.05) is 19.3 Å². The minimum absolute atomic E-state index is 0.0968. The highest BCUT2D eigenvalue weighted by Gasteiger charge is 2.19. The first-order chi connectivity index (χ1) is 35.5. The van der Waals surface area contributed by atoms with Crippen molar-refractivity contribution in [1.82, 2.24) is 0 Å². The summed E-state index contributed by atoms with van der Waals surface area (Å²) in [6, 6.07) is 0. The molecule has 0 saturated carbocycles. The van der Waals surface area contributed by atoms with Gasteiger partial charge >= 0.3 is 17.9 Å². The van der Waals surface area contributed by atoms with E-state index in [1.165, 1.54) is 38.5 Å². The van der Waals surface area contributed by atoms with Gasteiger partial charge < -0.3 is 14.2 Å². The van der Waals surface area contributed by atoms with Crippen LogP contribution < -0.4 is 0 Å². The summed E-state index contributed by atoms with van der Waals surface area (Å²) in [4.78, 5) is 38.1. The second kappa shape index (κ2) is 59.1. The van der Waals surface area contributed by atoms with Gasteiger partial charge in [0.25, 0.3) is 0 Å². The Labute approximate surface area is 443 Å². The highest BCUT2D eigenvalue weighted by molar-refractivity contribution is 5.71. The summed E-state index contributed by atoms with van der Waals surface area (Å²) in [5.74, 6) is -0.941. The maximum Gasteiger partial charge on any atom is 0.306 e. The molecule has 0 spiro atoms. The van der Waals surface area contributed by atoms with E-state index in [4.69, 9.17) is 14.2 Å². The average molecular weight is 996 g/mol. The van der Waals surface area contributed by atoms with Gasteiger partial charge in [-0.15, -0.1) is 0 Å². The van der Waals surface area contributed by atoms with E-state index >= 15 is 0 Å². The third kappa shape index (κ3) is 56.5. The van der Waals surface area contributed by atoms with E-state index < -0.39 is 6.10 Å². The largest absolute Gasteiger partial charge is 0.462 e. The number of carbonyl (C=O) groups is 3. The molecule has 0 heterocycles. The van der Waals surface area contributed by atoms with Gasteiger partial charge in [-0.1, -0.05) is 231 Å². The third-order valence-corrected chi connectivity index (χ3v) is 11.9. The van der Waals surface area contributed by atoms with E-state index in [9.17, 15) is 14.4 Å². The molecular weight excluding hydrogens is 889 g/mol. The van der Waals surface area contributed by atoms with Crippen molar-refractivity contribution in [3.63, 3.8) is 0 Å². The highest BCUT2D eigenvalue weighted by Crippen LogP contribution is 2.14. The summed E-state index contributed by atoms with van der Waals surface area (Å²) in [6.07, 6.45) is 83.1. The normalized spacial score (nSPS) is 13.1. The second-order valence-electron chi connectivity index (χ2n) is 18.8. The molecular formula is C66H106O6. The predicted molar refractivity (Wildman–Crippen MR) is 311 cm³/mol. The van der Waals surface area contributed by atoms with Gasteiger partial charge in [-0.2, -0.15) is 0 Å². The molecule has 0 fully saturated rings. The molecule has 0 N–H and O–H groups in total. The Balaban J connectivity index is 4.30. The lowest BCUT2D eigenvalue weighted by atomic mass is 10.1. The maximum absolute atomic E-state index is 12.8. The van der Waals surface area contributed by atoms with Gasteiger partial charge in [0.1, 0.15) is 13.2 Å². The van der Waals surface area contributed by atoms with Crippen LogP contribution >= 0.6 is 0 Å². The lowest BCUT2D eigenvalue weighted by molar-refractivity contribution is -0.167. The molecule has 6 heteroatoms. The summed E-state index contributed by atoms with van der Waals surface area (Å²) < 4.78 is 16.8. The van der Waals surface area contributed by atoms with Crippen LogP contribution in [0.15, 0.2) is 134 Å². The van der Waals surface area contributed by atoms with Crippen molar-refractivity contribution in [2.75, 3.05) is 13.2 Å². The van der Waals surface area contributed by atoms with E-state index in [-0.39, 0.29) is 31.1 Å². The average Bonchev–Trinajstić information content (AvgIpc) is 3.38. The summed E-state index contributed by atoms with van der Waals surface area (Å²) in [5, 5.41) is 0. The van der Waals surface area contributed by atoms with Gasteiger partial charge in [-0.25, -0.2) is 0 Å². The van der Waals surface area contributed by atoms with E-state index in [0.29, 0.717) is 19.3 Å². The van der Waals surface area contributed by atoms with Crippen LogP contribution in [-0.4, -0.2) is 37.2 Å². The highest BCUT2D eigenvalue weighted by atomic mass is 16.6. The quantitative estimate of drug-likeness (QED) is 0.0261. The third-order valence-electron chi connectivity index (χ3n) is 11.9. The number of carbonyl (C=O) groups excluding carboxylic acids is 3. The molecule has 0 aliphatic rings. The van der Waals surface area contributed by atoms with Gasteiger partial charge in [-0.3, -0.25) is 14.4 Å². The molecule has 0 aliphatic heterocycles. The topological polar surface area (TPSA) is 78.9 Å². The summed E-state index contributed by atoms with van der Waals surface area (Å²) in [6.45, 7) is 6.31. The zero-order valence-corrected chi connectivity index (χ0v) is 46.4. The van der Waals surface area contributed by atoms with Crippen LogP contribution in [0.4, 0.5) is 0 Å². The maximum atomic E-state index is 12.8. The number of esters is 3. The molecule has 0 saturated heterocycles. The molecule has 0 amide bonds. The molecule has 6 nitrogen and oxygen atoms in total. The molecule has 0 bridgehead atoms. The fourth-order valence-corrected chi connectivity index (χ4v) is 7.56. The molecule has 72 heavy (non-hydrogen) atoms. The summed E-state index contributed by atoms with van der Waals surface area (Å²) in [7, 11) is 0. The molecule has 0 aromatic carbocycles. The summed E-state index contributed by atoms with van der Waals surface area (Å²) >= 11 is 0. The van der Waals surface area contributed by atoms with E-state index in [2.05, 4.69) is 154 Å². The van der Waals surface area contributed by atoms with Gasteiger partial charge in [0.05, 0.1) is 0 Å². The lowest BCUT2D eigenvalue weighted by Crippen LogP contribution is -2.30. The van der Waals surface area contributed by atoms with Crippen molar-refractivity contribution in [2.24, 2.45) is 0 Å². The van der Waals surface area contributed by atoms with Crippen molar-refractivity contribution >= 4 is 17.9 Å². The number of hydrogen-bond donors (Lipinski definition) is 0. The van der Waals surface area contributed by atoms with Crippen LogP contribution in [-0.2, 0) is 28.6 Å². The Morgan fingerprint density at radius 1 is 0.292 bits per heavy atom. The zero-order valence-electron chi connectivity index (χ0n) is 46.4. The van der Waals surface area contributed by atoms with E-state index in [1.54, 1.807) is 0 Å². The van der Waals surface area contributed by atoms with E-state index in [1.807, 2.05) is 0 Å². The minimum atomic E-state index is -0.799. The van der Waals surface area contributed by atoms with Crippen molar-refractivity contribution in [3.8, 4) is 0 Å². The number of rotatable bonds is 51. The standard InChI is InChI=1S/C66H106O6/c1-4-7-10-13-16-19-22-24-26-27-28-29-30-31-32-33-34-35-36-37-38-39-41-42-44-47-50-53-56-59-65(68)71-62-63(61-70-64(67)58-55-52-49-46-21-18-15-12-9-6-3)72-66(69)60-57-54-51-48-45-43-40-25-23-20-17-14-11-8-5-2/h7-8,10-12,15-17,19-20,24-26,28-29,31-32,34-35,37-38,40,63H,4-6,9,13-14,18,21-23,27,30,33,36,39,41-62H2,1-3H3/b10-7-,11-8-,15-12-,19-16-,20-17-,26-24-,29-28-,32-31-,35-34-,38-37-,40-25-. The first-order valence-electron chi connectivity index (χ1n) is 29.2. The van der Waals surface area contributed by atoms with Gasteiger partial charge in [0.15, 0.2) is 6.10 Å². The second-order valence-corrected chi connectivity index (χ2v) is 18.8. The van der Waals surface area contributed by atoms with Crippen LogP contribution in [0.25, 0.3) is 0 Å². The lowest BCUT2D eigenvalue weighted by Gasteiger charge is -2.18. The first-order valence-corrected chi connectivity index (χ1v) is 29.2. The molecule has 0 radical (unpaired) electrons. The molecule has 0 aromatic rings. The van der Waals surface area contributed by atoms with E-state index in [0.717, 1.165) is 167 Å². The van der Waals surface area contributed by atoms with Gasteiger partial charge in [0.2, 0.25) is 0 Å². The number of hydrogen-bond acceptors (Lipinski definition) is 6. The number of unbranched alkanes of at least 4 members (excludes halogenated alkanes) is 18. The summed E-state index contributed by atoms with van der Waals surface area (Å²) in [5.41, 5.74) is 0. The van der Waals surface area contributed by atoms with Gasteiger partial charge in [-0.05, 0) is 128 Å². The predicted octanol–water partition coefficient (Wildman–Crippen LogP) is 19.8. The Morgan fingerprint density at radius 2 is 0.542 bits per heavy atom. The van der Waals surface area contributed by atoms with Crippen LogP contribution in [0.1, 0.15) is 245 Å². The zero-order chi connectivity index (χ0) is 52.2. The SMILES string of the molecule is CC/C=C\C/C=C\C/C=C\C/C=C\C/C=C\C/C=C\C/C=C\CCCCCCCCCC(=O)OCC(COC(=O)CCCCCCC/C=C\CCC)OC(=O)CCCCCCC/C=C\C/C=C\C/C=C\CC. The van der Waals surface area contributed by atoms with Crippen LogP contribution in [0.3, 0.4) is 0 Å². The smallest absolute Gasteiger partial charge is 0.306 e. The molecule has 1 unspecified atom stereocenters. The van der Waals surface area contributed by atoms with Crippen molar-refractivity contribution in [2.45, 2.75) is 252 Å². The molecule has 0 rings (SSSR count). The van der Waals surface area contributed by atoms with Crippen LogP contribution in [0, 0.1) is 0 Å². The molecule has 0 aliphatic carbocycles. The minimum Gasteiger partial charge on any atom is -0.462 e. The molecule has 0 aromatic heterocycles. The van der Waals surface area contributed by atoms with Crippen molar-refractivity contribution in [1.29, 1.82) is 0 Å². The van der Waals surface area contributed by atoms with Crippen LogP contribution in [0.5, 0.6) is 0 Å². The number of allylic oxidation sites excluding steroid dienone is 22. The molecule has 1 atom stereocenters.